The molecule has 0 amide bonds. The summed E-state index contributed by atoms with van der Waals surface area (Å²) in [7, 11) is 0. The number of ether oxygens (including phenoxy) is 1. The highest BCUT2D eigenvalue weighted by Crippen LogP contribution is 2.36. The van der Waals surface area contributed by atoms with Crippen molar-refractivity contribution in [3.63, 3.8) is 0 Å². The summed E-state index contributed by atoms with van der Waals surface area (Å²) in [6.45, 7) is 0. The van der Waals surface area contributed by atoms with Crippen LogP contribution >= 0.6 is 0 Å². The second-order valence-corrected chi connectivity index (χ2v) is 8.06. The Morgan fingerprint density at radius 2 is 1.27 bits per heavy atom. The molecule has 0 saturated heterocycles. The largest absolute Gasteiger partial charge is 0.452 e. The maximum Gasteiger partial charge on any atom is 0.219 e. The van der Waals surface area contributed by atoms with Crippen molar-refractivity contribution in [1.82, 2.24) is 9.55 Å². The molecule has 4 aromatic carbocycles. The zero-order valence-corrected chi connectivity index (χ0v) is 17.6. The number of nitrogens with zero attached hydrogens (tertiary/aromatic N) is 2. The van der Waals surface area contributed by atoms with E-state index in [-0.39, 0.29) is 0 Å². The van der Waals surface area contributed by atoms with Crippen LogP contribution in [0.15, 0.2) is 114 Å². The fourth-order valence-electron chi connectivity index (χ4n) is 4.68. The first-order valence-corrected chi connectivity index (χ1v) is 10.9. The third-order valence-corrected chi connectivity index (χ3v) is 6.14. The summed E-state index contributed by atoms with van der Waals surface area (Å²) in [6.07, 6.45) is 1.85. The van der Waals surface area contributed by atoms with Crippen molar-refractivity contribution in [3.8, 4) is 17.3 Å². The Labute approximate surface area is 189 Å². The van der Waals surface area contributed by atoms with Gasteiger partial charge in [-0.2, -0.15) is 0 Å². The van der Waals surface area contributed by atoms with Gasteiger partial charge in [-0.15, -0.1) is 0 Å². The fourth-order valence-corrected chi connectivity index (χ4v) is 4.68. The van der Waals surface area contributed by atoms with Crippen molar-refractivity contribution in [2.75, 3.05) is 0 Å². The van der Waals surface area contributed by atoms with Crippen LogP contribution in [0.25, 0.3) is 49.4 Å². The van der Waals surface area contributed by atoms with Crippen molar-refractivity contribution >= 4 is 43.7 Å². The average Bonchev–Trinajstić information content (AvgIpc) is 3.42. The van der Waals surface area contributed by atoms with Gasteiger partial charge in [0.1, 0.15) is 5.58 Å². The Kier molecular flexibility index (Phi) is 3.81. The topological polar surface area (TPSA) is 40.2 Å². The number of furan rings is 1. The molecule has 0 aliphatic carbocycles. The number of para-hydroxylation sites is 4. The van der Waals surface area contributed by atoms with Gasteiger partial charge in [-0.25, -0.2) is 4.98 Å². The van der Waals surface area contributed by atoms with E-state index in [1.165, 1.54) is 10.8 Å². The van der Waals surface area contributed by atoms with Gasteiger partial charge in [-0.1, -0.05) is 66.7 Å². The van der Waals surface area contributed by atoms with Crippen molar-refractivity contribution in [3.05, 3.63) is 109 Å². The Balaban J connectivity index is 1.31. The average molecular weight is 426 g/mol. The maximum atomic E-state index is 6.15. The lowest BCUT2D eigenvalue weighted by atomic mass is 10.1. The summed E-state index contributed by atoms with van der Waals surface area (Å²) in [6, 6.07) is 34.8. The van der Waals surface area contributed by atoms with E-state index in [4.69, 9.17) is 9.15 Å². The molecule has 7 rings (SSSR count). The van der Waals surface area contributed by atoms with Gasteiger partial charge in [0.05, 0.1) is 22.9 Å². The smallest absolute Gasteiger partial charge is 0.219 e. The van der Waals surface area contributed by atoms with E-state index in [0.29, 0.717) is 11.6 Å². The van der Waals surface area contributed by atoms with E-state index in [0.717, 1.165) is 38.7 Å². The minimum absolute atomic E-state index is 0.521. The molecule has 156 valence electrons. The van der Waals surface area contributed by atoms with Gasteiger partial charge in [0.15, 0.2) is 11.3 Å². The lowest BCUT2D eigenvalue weighted by Crippen LogP contribution is -1.95. The minimum Gasteiger partial charge on any atom is -0.452 e. The van der Waals surface area contributed by atoms with Crippen LogP contribution in [0.4, 0.5) is 0 Å². The monoisotopic (exact) mass is 426 g/mol. The molecule has 0 aliphatic heterocycles. The molecule has 0 fully saturated rings. The fraction of sp³-hybridized carbons (Fsp3) is 0. The number of hydrogen-bond acceptors (Lipinski definition) is 3. The van der Waals surface area contributed by atoms with Gasteiger partial charge < -0.3 is 13.7 Å². The molecule has 0 bridgehead atoms. The van der Waals surface area contributed by atoms with Crippen molar-refractivity contribution < 1.29 is 9.15 Å². The first kappa shape index (κ1) is 18.0. The van der Waals surface area contributed by atoms with Gasteiger partial charge in [-0.3, -0.25) is 0 Å². The van der Waals surface area contributed by atoms with Crippen LogP contribution in [0.3, 0.4) is 0 Å². The minimum atomic E-state index is 0.521. The summed E-state index contributed by atoms with van der Waals surface area (Å²) in [5.41, 5.74) is 4.87. The van der Waals surface area contributed by atoms with E-state index >= 15 is 0 Å². The van der Waals surface area contributed by atoms with Crippen LogP contribution in [0.2, 0.25) is 0 Å². The van der Waals surface area contributed by atoms with E-state index in [1.807, 2.05) is 54.7 Å². The van der Waals surface area contributed by atoms with Gasteiger partial charge in [0.25, 0.3) is 0 Å². The van der Waals surface area contributed by atoms with Gasteiger partial charge in [0.2, 0.25) is 5.88 Å². The molecule has 0 aliphatic rings. The molecule has 3 aromatic heterocycles. The van der Waals surface area contributed by atoms with Gasteiger partial charge in [-0.05, 0) is 30.3 Å². The zero-order valence-electron chi connectivity index (χ0n) is 17.6. The van der Waals surface area contributed by atoms with Crippen molar-refractivity contribution in [2.24, 2.45) is 0 Å². The van der Waals surface area contributed by atoms with Crippen LogP contribution in [-0.2, 0) is 0 Å². The number of fused-ring (bicyclic) bond motifs is 6. The molecule has 0 saturated carbocycles. The first-order chi connectivity index (χ1) is 16.4. The Morgan fingerprint density at radius 3 is 2.00 bits per heavy atom. The molecule has 4 heteroatoms. The highest BCUT2D eigenvalue weighted by Gasteiger charge is 2.14. The second kappa shape index (κ2) is 6.97. The number of benzene rings is 4. The third-order valence-electron chi connectivity index (χ3n) is 6.14. The lowest BCUT2D eigenvalue weighted by molar-refractivity contribution is 0.458. The third kappa shape index (κ3) is 2.74. The zero-order chi connectivity index (χ0) is 21.8. The van der Waals surface area contributed by atoms with E-state index < -0.39 is 0 Å². The highest BCUT2D eigenvalue weighted by atomic mass is 16.5. The Hall–Kier alpha value is -4.57. The van der Waals surface area contributed by atoms with Gasteiger partial charge >= 0.3 is 0 Å². The second-order valence-electron chi connectivity index (χ2n) is 8.06. The summed E-state index contributed by atoms with van der Waals surface area (Å²) < 4.78 is 14.5. The van der Waals surface area contributed by atoms with Crippen molar-refractivity contribution in [2.45, 2.75) is 0 Å². The SMILES string of the molecule is c1ccc2c(c1)oc1c(Oc3ccc(-n4c5ccccc5c5ccccc54)cn3)cccc12. The lowest BCUT2D eigenvalue weighted by Gasteiger charge is -2.09. The number of hydrogen-bond donors (Lipinski definition) is 0. The number of rotatable bonds is 3. The highest BCUT2D eigenvalue weighted by molar-refractivity contribution is 6.09. The van der Waals surface area contributed by atoms with E-state index in [2.05, 4.69) is 64.1 Å². The van der Waals surface area contributed by atoms with Crippen LogP contribution in [-0.4, -0.2) is 9.55 Å². The molecule has 3 heterocycles. The van der Waals surface area contributed by atoms with Crippen LogP contribution in [0.1, 0.15) is 0 Å². The Morgan fingerprint density at radius 1 is 0.606 bits per heavy atom. The molecule has 0 spiro atoms. The Bertz CT molecular complexity index is 1740. The van der Waals surface area contributed by atoms with Crippen molar-refractivity contribution in [1.29, 1.82) is 0 Å². The summed E-state index contributed by atoms with van der Waals surface area (Å²) in [4.78, 5) is 4.62. The molecule has 33 heavy (non-hydrogen) atoms. The standard InChI is InChI=1S/C29H18N2O2/c1-4-12-24-20(8-1)21-9-2-5-13-25(21)31(24)19-16-17-28(30-18-19)32-27-15-7-11-23-22-10-3-6-14-26(22)33-29(23)27/h1-18H. The molecule has 0 atom stereocenters. The predicted octanol–water partition coefficient (Wildman–Crippen LogP) is 7.87. The number of pyridine rings is 1. The first-order valence-electron chi connectivity index (χ1n) is 10.9. The quantitative estimate of drug-likeness (QED) is 0.289. The molecule has 7 aromatic rings. The van der Waals surface area contributed by atoms with Gasteiger partial charge in [0, 0.05) is 27.6 Å². The summed E-state index contributed by atoms with van der Waals surface area (Å²) in [5.74, 6) is 1.17. The summed E-state index contributed by atoms with van der Waals surface area (Å²) in [5, 5.41) is 4.56. The summed E-state index contributed by atoms with van der Waals surface area (Å²) >= 11 is 0. The van der Waals surface area contributed by atoms with E-state index in [1.54, 1.807) is 0 Å². The van der Waals surface area contributed by atoms with Crippen LogP contribution in [0.5, 0.6) is 11.6 Å². The normalized spacial score (nSPS) is 11.6. The maximum absolute atomic E-state index is 6.15. The van der Waals surface area contributed by atoms with Crippen LogP contribution in [0, 0.1) is 0 Å². The molecule has 4 nitrogen and oxygen atoms in total. The molecule has 0 N–H and O–H groups in total. The number of aromatic nitrogens is 2. The molecular formula is C29H18N2O2. The molecular weight excluding hydrogens is 408 g/mol. The molecule has 0 radical (unpaired) electrons. The van der Waals surface area contributed by atoms with E-state index in [9.17, 15) is 0 Å². The molecule has 0 unspecified atom stereocenters. The predicted molar refractivity (Wildman–Crippen MR) is 132 cm³/mol. The van der Waals surface area contributed by atoms with Crippen LogP contribution < -0.4 is 4.74 Å².